The van der Waals surface area contributed by atoms with Gasteiger partial charge in [-0.05, 0) is 51.9 Å². The van der Waals surface area contributed by atoms with Gasteiger partial charge < -0.3 is 15.0 Å². The fourth-order valence-electron chi connectivity index (χ4n) is 2.71. The molecule has 140 valence electrons. The normalized spacial score (nSPS) is 19.0. The molecule has 1 atom stereocenters. The molecule has 1 saturated heterocycles. The zero-order valence-electron chi connectivity index (χ0n) is 14.7. The second-order valence-corrected chi connectivity index (χ2v) is 7.15. The molecule has 0 spiro atoms. The largest absolute Gasteiger partial charge is 0.476 e. The molecule has 1 aromatic rings. The van der Waals surface area contributed by atoms with Gasteiger partial charge in [0.2, 0.25) is 11.8 Å². The molecule has 1 aromatic heterocycles. The first-order valence-electron chi connectivity index (χ1n) is 8.21. The standard InChI is InChI=1S/C17H24F3N3O2/c1-16(2,15(24)22-9-12-6-8-23(3)10-12)11-25-14-13(17(18,19)20)5-4-7-21-14/h4-5,7,12H,6,8-11H2,1-3H3,(H,22,24). The maximum atomic E-state index is 12.9. The van der Waals surface area contributed by atoms with Gasteiger partial charge in [-0.25, -0.2) is 4.98 Å². The summed E-state index contributed by atoms with van der Waals surface area (Å²) in [6.45, 7) is 5.58. The molecule has 0 aliphatic carbocycles. The van der Waals surface area contributed by atoms with Crippen LogP contribution in [0.5, 0.6) is 5.88 Å². The van der Waals surface area contributed by atoms with E-state index in [1.807, 2.05) is 7.05 Å². The van der Waals surface area contributed by atoms with E-state index in [0.717, 1.165) is 25.6 Å². The van der Waals surface area contributed by atoms with E-state index in [-0.39, 0.29) is 12.5 Å². The number of carbonyl (C=O) groups is 1. The van der Waals surface area contributed by atoms with Gasteiger partial charge in [-0.2, -0.15) is 13.2 Å². The van der Waals surface area contributed by atoms with Crippen molar-refractivity contribution in [3.63, 3.8) is 0 Å². The van der Waals surface area contributed by atoms with Gasteiger partial charge in [0.05, 0.1) is 5.41 Å². The van der Waals surface area contributed by atoms with Crippen molar-refractivity contribution in [2.45, 2.75) is 26.4 Å². The van der Waals surface area contributed by atoms with Crippen molar-refractivity contribution < 1.29 is 22.7 Å². The summed E-state index contributed by atoms with van der Waals surface area (Å²) >= 11 is 0. The molecule has 1 amide bonds. The monoisotopic (exact) mass is 359 g/mol. The lowest BCUT2D eigenvalue weighted by Gasteiger charge is -2.25. The van der Waals surface area contributed by atoms with Crippen LogP contribution < -0.4 is 10.1 Å². The number of nitrogens with zero attached hydrogens (tertiary/aromatic N) is 2. The average molecular weight is 359 g/mol. The average Bonchev–Trinajstić information content (AvgIpc) is 2.95. The van der Waals surface area contributed by atoms with E-state index >= 15 is 0 Å². The van der Waals surface area contributed by atoms with Crippen molar-refractivity contribution in [3.8, 4) is 5.88 Å². The van der Waals surface area contributed by atoms with Crippen molar-refractivity contribution >= 4 is 5.91 Å². The number of aromatic nitrogens is 1. The summed E-state index contributed by atoms with van der Waals surface area (Å²) in [7, 11) is 2.03. The predicted octanol–water partition coefficient (Wildman–Crippen LogP) is 2.57. The second-order valence-electron chi connectivity index (χ2n) is 7.15. The van der Waals surface area contributed by atoms with Gasteiger partial charge in [0.25, 0.3) is 0 Å². The lowest BCUT2D eigenvalue weighted by molar-refractivity contribution is -0.139. The Labute approximate surface area is 145 Å². The van der Waals surface area contributed by atoms with Gasteiger partial charge in [-0.15, -0.1) is 0 Å². The molecular weight excluding hydrogens is 335 g/mol. The van der Waals surface area contributed by atoms with Crippen LogP contribution in [0.3, 0.4) is 0 Å². The second kappa shape index (κ2) is 7.59. The van der Waals surface area contributed by atoms with Gasteiger partial charge in [-0.1, -0.05) is 0 Å². The number of likely N-dealkylation sites (tertiary alicyclic amines) is 1. The maximum Gasteiger partial charge on any atom is 0.421 e. The van der Waals surface area contributed by atoms with E-state index in [0.29, 0.717) is 12.5 Å². The van der Waals surface area contributed by atoms with E-state index in [9.17, 15) is 18.0 Å². The Bertz CT molecular complexity index is 605. The first-order chi connectivity index (χ1) is 11.6. The number of ether oxygens (including phenoxy) is 1. The van der Waals surface area contributed by atoms with Crippen LogP contribution in [0, 0.1) is 11.3 Å². The fraction of sp³-hybridized carbons (Fsp3) is 0.647. The van der Waals surface area contributed by atoms with Gasteiger partial charge in [0.15, 0.2) is 0 Å². The van der Waals surface area contributed by atoms with Crippen LogP contribution in [0.1, 0.15) is 25.8 Å². The van der Waals surface area contributed by atoms with E-state index in [1.165, 1.54) is 12.3 Å². The summed E-state index contributed by atoms with van der Waals surface area (Å²) in [5.74, 6) is -0.349. The Morgan fingerprint density at radius 1 is 1.44 bits per heavy atom. The number of hydrogen-bond acceptors (Lipinski definition) is 4. The van der Waals surface area contributed by atoms with Crippen LogP contribution in [-0.4, -0.2) is 49.1 Å². The highest BCUT2D eigenvalue weighted by Crippen LogP contribution is 2.35. The maximum absolute atomic E-state index is 12.9. The van der Waals surface area contributed by atoms with Gasteiger partial charge in [0.1, 0.15) is 12.2 Å². The molecule has 0 aromatic carbocycles. The third kappa shape index (κ3) is 5.32. The molecule has 1 fully saturated rings. The number of nitrogens with one attached hydrogen (secondary N) is 1. The van der Waals surface area contributed by atoms with E-state index in [1.54, 1.807) is 13.8 Å². The van der Waals surface area contributed by atoms with Crippen molar-refractivity contribution in [1.29, 1.82) is 0 Å². The fourth-order valence-corrected chi connectivity index (χ4v) is 2.71. The summed E-state index contributed by atoms with van der Waals surface area (Å²) in [5, 5.41) is 2.88. The molecule has 0 bridgehead atoms. The van der Waals surface area contributed by atoms with E-state index in [4.69, 9.17) is 4.74 Å². The molecule has 1 aliphatic rings. The molecule has 5 nitrogen and oxygen atoms in total. The van der Waals surface area contributed by atoms with Crippen LogP contribution >= 0.6 is 0 Å². The lowest BCUT2D eigenvalue weighted by Crippen LogP contribution is -2.43. The van der Waals surface area contributed by atoms with E-state index in [2.05, 4.69) is 15.2 Å². The number of amides is 1. The zero-order chi connectivity index (χ0) is 18.7. The molecule has 1 unspecified atom stereocenters. The summed E-state index contributed by atoms with van der Waals surface area (Å²) in [6, 6.07) is 2.11. The first-order valence-corrected chi connectivity index (χ1v) is 8.21. The molecule has 1 N–H and O–H groups in total. The lowest BCUT2D eigenvalue weighted by atomic mass is 9.93. The number of halogens is 3. The highest BCUT2D eigenvalue weighted by atomic mass is 19.4. The molecule has 2 heterocycles. The highest BCUT2D eigenvalue weighted by Gasteiger charge is 2.36. The number of pyridine rings is 1. The van der Waals surface area contributed by atoms with Crippen LogP contribution in [0.15, 0.2) is 18.3 Å². The highest BCUT2D eigenvalue weighted by molar-refractivity contribution is 5.81. The van der Waals surface area contributed by atoms with Crippen molar-refractivity contribution in [2.75, 3.05) is 33.3 Å². The molecular formula is C17H24F3N3O2. The minimum absolute atomic E-state index is 0.191. The summed E-state index contributed by atoms with van der Waals surface area (Å²) in [5.41, 5.74) is -1.91. The zero-order valence-corrected chi connectivity index (χ0v) is 14.7. The summed E-state index contributed by atoms with van der Waals surface area (Å²) < 4.78 is 44.1. The van der Waals surface area contributed by atoms with Crippen molar-refractivity contribution in [2.24, 2.45) is 11.3 Å². The Kier molecular flexibility index (Phi) is 5.92. The third-order valence-electron chi connectivity index (χ3n) is 4.30. The first kappa shape index (κ1) is 19.5. The summed E-state index contributed by atoms with van der Waals surface area (Å²) in [6.07, 6.45) is -2.30. The SMILES string of the molecule is CN1CCC(CNC(=O)C(C)(C)COc2ncccc2C(F)(F)F)C1. The van der Waals surface area contributed by atoms with Crippen LogP contribution in [0.2, 0.25) is 0 Å². The minimum Gasteiger partial charge on any atom is -0.476 e. The Hall–Kier alpha value is -1.83. The quantitative estimate of drug-likeness (QED) is 0.848. The van der Waals surface area contributed by atoms with Gasteiger partial charge in [0, 0.05) is 19.3 Å². The molecule has 0 radical (unpaired) electrons. The molecule has 1 aliphatic heterocycles. The molecule has 2 rings (SSSR count). The van der Waals surface area contributed by atoms with Crippen LogP contribution in [0.25, 0.3) is 0 Å². The Morgan fingerprint density at radius 3 is 2.76 bits per heavy atom. The van der Waals surface area contributed by atoms with Crippen molar-refractivity contribution in [1.82, 2.24) is 15.2 Å². The number of hydrogen-bond donors (Lipinski definition) is 1. The number of alkyl halides is 3. The number of carbonyl (C=O) groups excluding carboxylic acids is 1. The van der Waals surface area contributed by atoms with Crippen LogP contribution in [-0.2, 0) is 11.0 Å². The Morgan fingerprint density at radius 2 is 2.16 bits per heavy atom. The van der Waals surface area contributed by atoms with Gasteiger partial charge in [-0.3, -0.25) is 4.79 Å². The minimum atomic E-state index is -4.55. The molecule has 0 saturated carbocycles. The topological polar surface area (TPSA) is 54.5 Å². The smallest absolute Gasteiger partial charge is 0.421 e. The van der Waals surface area contributed by atoms with E-state index < -0.39 is 23.0 Å². The van der Waals surface area contributed by atoms with Crippen LogP contribution in [0.4, 0.5) is 13.2 Å². The van der Waals surface area contributed by atoms with Gasteiger partial charge >= 0.3 is 6.18 Å². The van der Waals surface area contributed by atoms with Crippen molar-refractivity contribution in [3.05, 3.63) is 23.9 Å². The number of rotatable bonds is 6. The predicted molar refractivity (Wildman–Crippen MR) is 87.1 cm³/mol. The molecule has 8 heteroatoms. The molecule has 25 heavy (non-hydrogen) atoms. The summed E-state index contributed by atoms with van der Waals surface area (Å²) in [4.78, 5) is 18.2. The third-order valence-corrected chi connectivity index (χ3v) is 4.30. The Balaban J connectivity index is 1.91.